The minimum Gasteiger partial charge on any atom is -0.512 e. The molecule has 0 bridgehead atoms. The molecule has 0 unspecified atom stereocenters. The van der Waals surface area contributed by atoms with Gasteiger partial charge in [-0.25, -0.2) is 0 Å². The zero-order chi connectivity index (χ0) is 30.0. The van der Waals surface area contributed by atoms with Crippen LogP contribution in [0.3, 0.4) is 0 Å². The van der Waals surface area contributed by atoms with Crippen LogP contribution in [-0.2, 0) is 24.9 Å². The van der Waals surface area contributed by atoms with E-state index >= 15 is 0 Å². The molecule has 2 aromatic heterocycles. The number of nitrogens with zero attached hydrogens (tertiary/aromatic N) is 1. The van der Waals surface area contributed by atoms with Crippen LogP contribution < -0.4 is 4.74 Å². The maximum atomic E-state index is 11.8. The first kappa shape index (κ1) is 31.4. The number of ether oxygens (including phenoxy) is 1. The fourth-order valence-corrected chi connectivity index (χ4v) is 8.30. The molecule has 4 nitrogen and oxygen atoms in total. The average Bonchev–Trinajstić information content (AvgIpc) is 3.86. The van der Waals surface area contributed by atoms with E-state index in [1.54, 1.807) is 18.4 Å². The second-order valence-electron chi connectivity index (χ2n) is 12.0. The molecule has 0 saturated heterocycles. The molecule has 2 heterocycles. The molecule has 2 saturated carbocycles. The Balaban J connectivity index is 0.000000190. The average molecular weight is 791 g/mol. The number of aromatic nitrogens is 1. The number of fused-ring (bicyclic) bond motifs is 6. The monoisotopic (exact) mass is 791 g/mol. The van der Waals surface area contributed by atoms with Crippen molar-refractivity contribution in [3.05, 3.63) is 96.8 Å². The molecule has 1 N–H and O–H groups in total. The Hall–Kier alpha value is -3.57. The number of aliphatic hydroxyl groups is 1. The first-order valence-corrected chi connectivity index (χ1v) is 16.6. The summed E-state index contributed by atoms with van der Waals surface area (Å²) < 4.78 is 8.07. The Kier molecular flexibility index (Phi) is 9.65. The van der Waals surface area contributed by atoms with E-state index in [0.29, 0.717) is 5.76 Å². The van der Waals surface area contributed by atoms with Gasteiger partial charge in [0.15, 0.2) is 5.78 Å². The second-order valence-corrected chi connectivity index (χ2v) is 13.0. The van der Waals surface area contributed by atoms with Crippen molar-refractivity contribution in [1.82, 2.24) is 4.98 Å². The second kappa shape index (κ2) is 13.8. The van der Waals surface area contributed by atoms with Gasteiger partial charge in [0.25, 0.3) is 0 Å². The summed E-state index contributed by atoms with van der Waals surface area (Å²) in [5.41, 5.74) is 3.03. The summed E-state index contributed by atoms with van der Waals surface area (Å²) in [5.74, 6) is 1.89. The van der Waals surface area contributed by atoms with Crippen molar-refractivity contribution < 1.29 is 34.7 Å². The summed E-state index contributed by atoms with van der Waals surface area (Å²) in [6.07, 6.45) is 10.4. The summed E-state index contributed by atoms with van der Waals surface area (Å²) in [6.45, 7) is 0. The van der Waals surface area contributed by atoms with Gasteiger partial charge in [-0.15, -0.1) is 40.5 Å². The minimum absolute atomic E-state index is 0. The van der Waals surface area contributed by atoms with Crippen molar-refractivity contribution >= 4 is 59.0 Å². The summed E-state index contributed by atoms with van der Waals surface area (Å²) in [4.78, 5) is 16.9. The fraction of sp³-hybridized carbons (Fsp3) is 0.282. The molecule has 0 spiro atoms. The maximum Gasteiger partial charge on any atom is 0.162 e. The molecular weight excluding hydrogens is 755 g/mol. The van der Waals surface area contributed by atoms with E-state index in [1.807, 2.05) is 18.2 Å². The molecule has 2 aliphatic carbocycles. The van der Waals surface area contributed by atoms with E-state index in [2.05, 4.69) is 66.7 Å². The SMILES string of the molecule is COc1cccc2c1sc1c3ccccc3nc(-c3[c-]ccc4ccccc34)c21.O=C(/C=C(\O)C1CCCC1)C1CCCC1.[Ir]. The van der Waals surface area contributed by atoms with Gasteiger partial charge in [0.1, 0.15) is 5.75 Å². The number of pyridine rings is 1. The first-order chi connectivity index (χ1) is 21.6. The number of hydrogen-bond donors (Lipinski definition) is 1. The van der Waals surface area contributed by atoms with Crippen LogP contribution in [0.25, 0.3) is 53.1 Å². The molecule has 2 aliphatic rings. The summed E-state index contributed by atoms with van der Waals surface area (Å²) in [5, 5.41) is 15.7. The van der Waals surface area contributed by atoms with Crippen LogP contribution in [0.5, 0.6) is 5.75 Å². The quantitative estimate of drug-likeness (QED) is 0.107. The van der Waals surface area contributed by atoms with E-state index in [4.69, 9.17) is 9.72 Å². The molecule has 45 heavy (non-hydrogen) atoms. The molecule has 6 heteroatoms. The van der Waals surface area contributed by atoms with Gasteiger partial charge in [-0.2, -0.15) is 0 Å². The van der Waals surface area contributed by atoms with Crippen molar-refractivity contribution in [1.29, 1.82) is 0 Å². The zero-order valence-corrected chi connectivity index (χ0v) is 28.6. The zero-order valence-electron chi connectivity index (χ0n) is 25.3. The van der Waals surface area contributed by atoms with Gasteiger partial charge < -0.3 is 9.84 Å². The van der Waals surface area contributed by atoms with Crippen LogP contribution in [0.15, 0.2) is 90.7 Å². The number of benzene rings is 4. The Labute approximate surface area is 281 Å². The van der Waals surface area contributed by atoms with Gasteiger partial charge >= 0.3 is 0 Å². The van der Waals surface area contributed by atoms with Crippen molar-refractivity contribution in [2.45, 2.75) is 51.4 Å². The molecule has 0 atom stereocenters. The van der Waals surface area contributed by atoms with Gasteiger partial charge in [-0.3, -0.25) is 9.78 Å². The molecule has 2 fully saturated rings. The maximum absolute atomic E-state index is 11.8. The normalized spacial score (nSPS) is 15.8. The smallest absolute Gasteiger partial charge is 0.162 e. The minimum atomic E-state index is 0. The summed E-state index contributed by atoms with van der Waals surface area (Å²) >= 11 is 1.78. The fourth-order valence-electron chi connectivity index (χ4n) is 6.97. The van der Waals surface area contributed by atoms with E-state index in [9.17, 15) is 9.90 Å². The van der Waals surface area contributed by atoms with Crippen LogP contribution >= 0.6 is 11.3 Å². The predicted molar refractivity (Wildman–Crippen MR) is 183 cm³/mol. The van der Waals surface area contributed by atoms with Crippen molar-refractivity contribution in [2.75, 3.05) is 7.11 Å². The first-order valence-electron chi connectivity index (χ1n) is 15.7. The van der Waals surface area contributed by atoms with Gasteiger partial charge in [0.2, 0.25) is 0 Å². The van der Waals surface area contributed by atoms with Crippen LogP contribution in [0, 0.1) is 17.9 Å². The van der Waals surface area contributed by atoms with E-state index in [0.717, 1.165) is 52.9 Å². The third-order valence-electron chi connectivity index (χ3n) is 9.30. The molecule has 8 rings (SSSR count). The van der Waals surface area contributed by atoms with Gasteiger partial charge in [-0.1, -0.05) is 85.7 Å². The van der Waals surface area contributed by atoms with Gasteiger partial charge in [0, 0.05) is 48.1 Å². The number of hydrogen-bond acceptors (Lipinski definition) is 5. The van der Waals surface area contributed by atoms with Crippen LogP contribution in [0.4, 0.5) is 0 Å². The number of thiophene rings is 1. The van der Waals surface area contributed by atoms with Crippen molar-refractivity contribution in [2.24, 2.45) is 11.8 Å². The Morgan fingerprint density at radius 3 is 2.27 bits per heavy atom. The van der Waals surface area contributed by atoms with Crippen molar-refractivity contribution in [3.63, 3.8) is 0 Å². The number of allylic oxidation sites excluding steroid dienone is 2. The Bertz CT molecular complexity index is 2010. The number of para-hydroxylation sites is 1. The molecule has 0 aliphatic heterocycles. The number of methoxy groups -OCH3 is 1. The van der Waals surface area contributed by atoms with E-state index in [1.165, 1.54) is 63.4 Å². The van der Waals surface area contributed by atoms with E-state index in [-0.39, 0.29) is 37.7 Å². The largest absolute Gasteiger partial charge is 0.512 e. The standard InChI is InChI=1S/C26H16NOS.C13H20O2.Ir/c1-28-22-15-7-13-20-23-24(18-12-6-9-16-8-2-3-10-17(16)18)27-21-14-5-4-11-19(21)26(23)29-25(20)22;14-12(10-5-1-2-6-10)9-13(15)11-7-3-4-8-11;/h2-11,13-15H,1H3;9-11,14H,1-8H2;/q-1;;/b;12-9-;. The van der Waals surface area contributed by atoms with Crippen molar-refractivity contribution in [3.8, 4) is 17.0 Å². The number of ketones is 1. The number of rotatable bonds is 5. The van der Waals surface area contributed by atoms with Crippen LogP contribution in [0.2, 0.25) is 0 Å². The molecule has 231 valence electrons. The molecule has 1 radical (unpaired) electrons. The van der Waals surface area contributed by atoms with E-state index < -0.39 is 0 Å². The molecule has 4 aromatic carbocycles. The Morgan fingerprint density at radius 1 is 0.844 bits per heavy atom. The van der Waals surface area contributed by atoms with Crippen LogP contribution in [0.1, 0.15) is 51.4 Å². The van der Waals surface area contributed by atoms with Gasteiger partial charge in [-0.05, 0) is 54.3 Å². The molecule has 0 amide bonds. The Morgan fingerprint density at radius 2 is 1.51 bits per heavy atom. The molecular formula is C39H36IrNO3S-. The number of aliphatic hydroxyl groups excluding tert-OH is 1. The summed E-state index contributed by atoms with van der Waals surface area (Å²) in [6, 6.07) is 30.6. The number of carbonyl (C=O) groups is 1. The predicted octanol–water partition coefficient (Wildman–Crippen LogP) is 10.6. The third-order valence-corrected chi connectivity index (χ3v) is 10.5. The summed E-state index contributed by atoms with van der Waals surface area (Å²) in [7, 11) is 1.73. The molecule has 6 aromatic rings. The van der Waals surface area contributed by atoms with Gasteiger partial charge in [0.05, 0.1) is 23.1 Å². The van der Waals surface area contributed by atoms with Crippen LogP contribution in [-0.4, -0.2) is 23.0 Å². The third kappa shape index (κ3) is 6.16. The topological polar surface area (TPSA) is 59.4 Å². The number of carbonyl (C=O) groups excluding carboxylic acids is 1.